The number of amides is 1. The Hall–Kier alpha value is -1.26. The summed E-state index contributed by atoms with van der Waals surface area (Å²) < 4.78 is 0. The molecule has 0 radical (unpaired) electrons. The maximum atomic E-state index is 11.6. The number of carboxylic acids is 1. The summed E-state index contributed by atoms with van der Waals surface area (Å²) in [5.41, 5.74) is 0.382. The first-order chi connectivity index (χ1) is 8.00. The summed E-state index contributed by atoms with van der Waals surface area (Å²) in [6.45, 7) is 0.271. The van der Waals surface area contributed by atoms with Crippen LogP contribution in [0.4, 0.5) is 0 Å². The van der Waals surface area contributed by atoms with E-state index in [9.17, 15) is 14.7 Å². The van der Waals surface area contributed by atoms with Crippen LogP contribution in [0.1, 0.15) is 23.2 Å². The third-order valence-corrected chi connectivity index (χ3v) is 2.76. The highest BCUT2D eigenvalue weighted by molar-refractivity contribution is 6.42. The Morgan fingerprint density at radius 1 is 1.24 bits per heavy atom. The van der Waals surface area contributed by atoms with Crippen LogP contribution in [0.15, 0.2) is 18.2 Å². The third-order valence-electron chi connectivity index (χ3n) is 2.03. The van der Waals surface area contributed by atoms with Crippen molar-refractivity contribution in [3.05, 3.63) is 33.8 Å². The minimum Gasteiger partial charge on any atom is -0.550 e. The molecule has 0 heterocycles. The highest BCUT2D eigenvalue weighted by Crippen LogP contribution is 2.22. The predicted molar refractivity (Wildman–Crippen MR) is 63.0 cm³/mol. The molecule has 6 heteroatoms. The Kier molecular flexibility index (Phi) is 5.25. The van der Waals surface area contributed by atoms with Crippen molar-refractivity contribution in [2.24, 2.45) is 0 Å². The van der Waals surface area contributed by atoms with E-state index in [0.717, 1.165) is 0 Å². The van der Waals surface area contributed by atoms with Gasteiger partial charge >= 0.3 is 0 Å². The first-order valence-electron chi connectivity index (χ1n) is 4.94. The summed E-state index contributed by atoms with van der Waals surface area (Å²) in [6, 6.07) is 4.53. The Balaban J connectivity index is 2.47. The van der Waals surface area contributed by atoms with E-state index in [1.807, 2.05) is 0 Å². The molecule has 1 amide bonds. The molecule has 1 N–H and O–H groups in total. The third kappa shape index (κ3) is 4.63. The van der Waals surface area contributed by atoms with Gasteiger partial charge in [-0.15, -0.1) is 0 Å². The largest absolute Gasteiger partial charge is 0.550 e. The number of carbonyl (C=O) groups is 2. The number of carboxylic acid groups (broad SMARTS) is 1. The molecule has 0 bridgehead atoms. The molecule has 1 rings (SSSR count). The summed E-state index contributed by atoms with van der Waals surface area (Å²) in [6.07, 6.45) is 0.247. The fourth-order valence-corrected chi connectivity index (χ4v) is 1.47. The van der Waals surface area contributed by atoms with Crippen LogP contribution in [0.5, 0.6) is 0 Å². The Labute approximate surface area is 109 Å². The van der Waals surface area contributed by atoms with Gasteiger partial charge in [-0.25, -0.2) is 0 Å². The molecule has 0 saturated heterocycles. The molecule has 0 aliphatic carbocycles. The van der Waals surface area contributed by atoms with E-state index in [2.05, 4.69) is 5.32 Å². The first-order valence-corrected chi connectivity index (χ1v) is 5.69. The Morgan fingerprint density at radius 2 is 1.94 bits per heavy atom. The van der Waals surface area contributed by atoms with E-state index in [1.165, 1.54) is 12.1 Å². The van der Waals surface area contributed by atoms with Gasteiger partial charge < -0.3 is 15.2 Å². The van der Waals surface area contributed by atoms with Crippen molar-refractivity contribution >= 4 is 35.1 Å². The van der Waals surface area contributed by atoms with Crippen LogP contribution in [-0.2, 0) is 4.79 Å². The van der Waals surface area contributed by atoms with Gasteiger partial charge in [-0.3, -0.25) is 4.79 Å². The molecule has 0 aliphatic heterocycles. The number of hydrogen-bond acceptors (Lipinski definition) is 3. The van der Waals surface area contributed by atoms with Crippen molar-refractivity contribution in [1.82, 2.24) is 5.32 Å². The number of nitrogens with one attached hydrogen (secondary N) is 1. The van der Waals surface area contributed by atoms with E-state index >= 15 is 0 Å². The van der Waals surface area contributed by atoms with Gasteiger partial charge in [0.05, 0.1) is 10.0 Å². The van der Waals surface area contributed by atoms with Crippen LogP contribution >= 0.6 is 23.2 Å². The van der Waals surface area contributed by atoms with Gasteiger partial charge in [-0.2, -0.15) is 0 Å². The molecule has 17 heavy (non-hydrogen) atoms. The predicted octanol–water partition coefficient (Wildman–Crippen LogP) is 1.25. The van der Waals surface area contributed by atoms with Crippen LogP contribution in [0.25, 0.3) is 0 Å². The number of halogens is 2. The number of aliphatic carboxylic acids is 1. The zero-order valence-electron chi connectivity index (χ0n) is 8.83. The summed E-state index contributed by atoms with van der Waals surface area (Å²) in [7, 11) is 0. The zero-order chi connectivity index (χ0) is 12.8. The highest BCUT2D eigenvalue weighted by atomic mass is 35.5. The second kappa shape index (κ2) is 6.47. The molecule has 0 fully saturated rings. The second-order valence-corrected chi connectivity index (χ2v) is 4.17. The number of benzene rings is 1. The summed E-state index contributed by atoms with van der Waals surface area (Å²) in [5, 5.41) is 13.4. The fourth-order valence-electron chi connectivity index (χ4n) is 1.17. The monoisotopic (exact) mass is 274 g/mol. The van der Waals surface area contributed by atoms with Crippen molar-refractivity contribution in [3.63, 3.8) is 0 Å². The maximum absolute atomic E-state index is 11.6. The molecular formula is C11H10Cl2NO3-. The van der Waals surface area contributed by atoms with E-state index < -0.39 is 5.97 Å². The molecule has 0 saturated carbocycles. The first kappa shape index (κ1) is 13.8. The van der Waals surface area contributed by atoms with Gasteiger partial charge in [-0.05, 0) is 31.0 Å². The average Bonchev–Trinajstić information content (AvgIpc) is 2.27. The van der Waals surface area contributed by atoms with E-state index in [4.69, 9.17) is 23.2 Å². The SMILES string of the molecule is O=C([O-])CCCNC(=O)c1ccc(Cl)c(Cl)c1. The Bertz CT molecular complexity index is 435. The smallest absolute Gasteiger partial charge is 0.251 e. The summed E-state index contributed by atoms with van der Waals surface area (Å²) in [5.74, 6) is -1.45. The minimum absolute atomic E-state index is 0.0817. The fraction of sp³-hybridized carbons (Fsp3) is 0.273. The minimum atomic E-state index is -1.13. The van der Waals surface area contributed by atoms with Crippen molar-refractivity contribution in [1.29, 1.82) is 0 Å². The van der Waals surface area contributed by atoms with Gasteiger partial charge in [0.2, 0.25) is 0 Å². The standard InChI is InChI=1S/C11H11Cl2NO3/c12-8-4-3-7(6-9(8)13)11(17)14-5-1-2-10(15)16/h3-4,6H,1-2,5H2,(H,14,17)(H,15,16)/p-1. The van der Waals surface area contributed by atoms with Crippen molar-refractivity contribution in [2.45, 2.75) is 12.8 Å². The van der Waals surface area contributed by atoms with Crippen LogP contribution in [0.3, 0.4) is 0 Å². The molecule has 92 valence electrons. The van der Waals surface area contributed by atoms with E-state index in [0.29, 0.717) is 22.0 Å². The highest BCUT2D eigenvalue weighted by Gasteiger charge is 2.07. The van der Waals surface area contributed by atoms with E-state index in [-0.39, 0.29) is 18.9 Å². The lowest BCUT2D eigenvalue weighted by Gasteiger charge is -2.06. The van der Waals surface area contributed by atoms with Gasteiger partial charge in [0.25, 0.3) is 5.91 Å². The van der Waals surface area contributed by atoms with Gasteiger partial charge in [0.15, 0.2) is 0 Å². The lowest BCUT2D eigenvalue weighted by molar-refractivity contribution is -0.305. The average molecular weight is 275 g/mol. The lowest BCUT2D eigenvalue weighted by Crippen LogP contribution is -2.27. The summed E-state index contributed by atoms with van der Waals surface area (Å²) in [4.78, 5) is 21.7. The van der Waals surface area contributed by atoms with Crippen LogP contribution < -0.4 is 10.4 Å². The zero-order valence-corrected chi connectivity index (χ0v) is 10.3. The molecule has 0 aromatic heterocycles. The number of hydrogen-bond donors (Lipinski definition) is 1. The van der Waals surface area contributed by atoms with E-state index in [1.54, 1.807) is 6.07 Å². The summed E-state index contributed by atoms with van der Waals surface area (Å²) >= 11 is 11.5. The number of rotatable bonds is 5. The van der Waals surface area contributed by atoms with Crippen LogP contribution in [-0.4, -0.2) is 18.4 Å². The number of carbonyl (C=O) groups excluding carboxylic acids is 2. The van der Waals surface area contributed by atoms with Crippen molar-refractivity contribution in [2.75, 3.05) is 6.54 Å². The van der Waals surface area contributed by atoms with Crippen molar-refractivity contribution in [3.8, 4) is 0 Å². The van der Waals surface area contributed by atoms with Crippen molar-refractivity contribution < 1.29 is 14.7 Å². The second-order valence-electron chi connectivity index (χ2n) is 3.36. The molecule has 4 nitrogen and oxygen atoms in total. The topological polar surface area (TPSA) is 69.2 Å². The quantitative estimate of drug-likeness (QED) is 0.822. The molecule has 1 aromatic rings. The van der Waals surface area contributed by atoms with Crippen LogP contribution in [0, 0.1) is 0 Å². The Morgan fingerprint density at radius 3 is 2.53 bits per heavy atom. The molecule has 0 spiro atoms. The maximum Gasteiger partial charge on any atom is 0.251 e. The lowest BCUT2D eigenvalue weighted by atomic mass is 10.2. The molecule has 1 aromatic carbocycles. The van der Waals surface area contributed by atoms with Gasteiger partial charge in [-0.1, -0.05) is 23.2 Å². The van der Waals surface area contributed by atoms with Gasteiger partial charge in [0, 0.05) is 18.1 Å². The molecule has 0 atom stereocenters. The van der Waals surface area contributed by atoms with Gasteiger partial charge in [0.1, 0.15) is 0 Å². The molecular weight excluding hydrogens is 265 g/mol. The normalized spacial score (nSPS) is 10.0. The van der Waals surface area contributed by atoms with Crippen LogP contribution in [0.2, 0.25) is 10.0 Å². The molecule has 0 aliphatic rings. The molecule has 0 unspecified atom stereocenters.